The van der Waals surface area contributed by atoms with Gasteiger partial charge in [0.05, 0.1) is 6.42 Å². The molecule has 0 fully saturated rings. The quantitative estimate of drug-likeness (QED) is 0.908. The first-order chi connectivity index (χ1) is 8.56. The van der Waals surface area contributed by atoms with E-state index in [1.165, 1.54) is 0 Å². The minimum absolute atomic E-state index is 0.00613. The van der Waals surface area contributed by atoms with Gasteiger partial charge in [0.15, 0.2) is 0 Å². The van der Waals surface area contributed by atoms with Gasteiger partial charge in [-0.3, -0.25) is 4.79 Å². The summed E-state index contributed by atoms with van der Waals surface area (Å²) >= 11 is 6.21. The van der Waals surface area contributed by atoms with Gasteiger partial charge in [0.25, 0.3) is 0 Å². The zero-order chi connectivity index (χ0) is 13.1. The summed E-state index contributed by atoms with van der Waals surface area (Å²) in [6.45, 7) is 2.02. The normalized spacial score (nSPS) is 10.3. The summed E-state index contributed by atoms with van der Waals surface area (Å²) in [4.78, 5) is 10.6. The standard InChI is InChI=1S/C15H13ClO2/c1-10-3-2-4-12(7-10)13-6-5-11(8-14(13)16)9-15(17)18/h2-8H,9H2,1H3,(H,17,18). The van der Waals surface area contributed by atoms with E-state index in [1.807, 2.05) is 31.2 Å². The van der Waals surface area contributed by atoms with E-state index in [9.17, 15) is 4.79 Å². The fraction of sp³-hybridized carbons (Fsp3) is 0.133. The molecule has 2 aromatic rings. The van der Waals surface area contributed by atoms with E-state index in [2.05, 4.69) is 6.07 Å². The van der Waals surface area contributed by atoms with Crippen LogP contribution in [0.15, 0.2) is 42.5 Å². The number of carboxylic acid groups (broad SMARTS) is 1. The SMILES string of the molecule is Cc1cccc(-c2ccc(CC(=O)O)cc2Cl)c1. The zero-order valence-corrected chi connectivity index (χ0v) is 10.7. The van der Waals surface area contributed by atoms with Crippen molar-refractivity contribution in [3.05, 3.63) is 58.6 Å². The molecule has 0 radical (unpaired) electrons. The molecule has 0 heterocycles. The highest BCUT2D eigenvalue weighted by Gasteiger charge is 2.07. The van der Waals surface area contributed by atoms with Gasteiger partial charge < -0.3 is 5.11 Å². The van der Waals surface area contributed by atoms with E-state index in [0.717, 1.165) is 16.7 Å². The monoisotopic (exact) mass is 260 g/mol. The smallest absolute Gasteiger partial charge is 0.307 e. The molecule has 2 aromatic carbocycles. The third-order valence-corrected chi connectivity index (χ3v) is 3.03. The van der Waals surface area contributed by atoms with Gasteiger partial charge in [-0.2, -0.15) is 0 Å². The van der Waals surface area contributed by atoms with Crippen molar-refractivity contribution in [2.45, 2.75) is 13.3 Å². The van der Waals surface area contributed by atoms with Crippen LogP contribution in [0.25, 0.3) is 11.1 Å². The molecule has 0 spiro atoms. The summed E-state index contributed by atoms with van der Waals surface area (Å²) in [6, 6.07) is 13.4. The lowest BCUT2D eigenvalue weighted by Crippen LogP contribution is -1.99. The number of carboxylic acids is 1. The lowest BCUT2D eigenvalue weighted by atomic mass is 10.0. The van der Waals surface area contributed by atoms with Gasteiger partial charge in [0.1, 0.15) is 0 Å². The van der Waals surface area contributed by atoms with Gasteiger partial charge in [0.2, 0.25) is 0 Å². The Morgan fingerprint density at radius 1 is 1.22 bits per heavy atom. The van der Waals surface area contributed by atoms with Crippen LogP contribution in [0.4, 0.5) is 0 Å². The van der Waals surface area contributed by atoms with Crippen molar-refractivity contribution >= 4 is 17.6 Å². The van der Waals surface area contributed by atoms with Crippen LogP contribution in [0.1, 0.15) is 11.1 Å². The molecule has 3 heteroatoms. The first-order valence-corrected chi connectivity index (χ1v) is 6.01. The van der Waals surface area contributed by atoms with Crippen molar-refractivity contribution in [3.8, 4) is 11.1 Å². The summed E-state index contributed by atoms with van der Waals surface area (Å²) in [5.74, 6) is -0.852. The molecule has 92 valence electrons. The summed E-state index contributed by atoms with van der Waals surface area (Å²) in [6.07, 6.45) is -0.00613. The van der Waals surface area contributed by atoms with Crippen molar-refractivity contribution in [2.75, 3.05) is 0 Å². The van der Waals surface area contributed by atoms with Gasteiger partial charge in [-0.1, -0.05) is 53.6 Å². The van der Waals surface area contributed by atoms with E-state index in [-0.39, 0.29) is 6.42 Å². The molecule has 1 N–H and O–H groups in total. The fourth-order valence-electron chi connectivity index (χ4n) is 1.89. The highest BCUT2D eigenvalue weighted by molar-refractivity contribution is 6.33. The van der Waals surface area contributed by atoms with Crippen LogP contribution < -0.4 is 0 Å². The van der Waals surface area contributed by atoms with Crippen molar-refractivity contribution in [2.24, 2.45) is 0 Å². The number of rotatable bonds is 3. The van der Waals surface area contributed by atoms with E-state index < -0.39 is 5.97 Å². The van der Waals surface area contributed by atoms with E-state index in [0.29, 0.717) is 10.6 Å². The fourth-order valence-corrected chi connectivity index (χ4v) is 2.20. The molecule has 0 saturated carbocycles. The number of aliphatic carboxylic acids is 1. The van der Waals surface area contributed by atoms with Crippen LogP contribution in [0.3, 0.4) is 0 Å². The number of halogens is 1. The average molecular weight is 261 g/mol. The number of carbonyl (C=O) groups is 1. The highest BCUT2D eigenvalue weighted by Crippen LogP contribution is 2.29. The van der Waals surface area contributed by atoms with Crippen LogP contribution >= 0.6 is 11.6 Å². The van der Waals surface area contributed by atoms with Crippen LogP contribution in [-0.4, -0.2) is 11.1 Å². The average Bonchev–Trinajstić information content (AvgIpc) is 2.28. The number of aryl methyl sites for hydroxylation is 1. The molecule has 2 rings (SSSR count). The summed E-state index contributed by atoms with van der Waals surface area (Å²) in [5.41, 5.74) is 3.85. The Kier molecular flexibility index (Phi) is 3.68. The van der Waals surface area contributed by atoms with Gasteiger partial charge in [-0.15, -0.1) is 0 Å². The molecular weight excluding hydrogens is 248 g/mol. The second kappa shape index (κ2) is 5.23. The second-order valence-electron chi connectivity index (χ2n) is 4.25. The molecule has 0 aromatic heterocycles. The number of hydrogen-bond donors (Lipinski definition) is 1. The van der Waals surface area contributed by atoms with Gasteiger partial charge in [-0.25, -0.2) is 0 Å². The molecule has 0 bridgehead atoms. The first-order valence-electron chi connectivity index (χ1n) is 5.63. The Hall–Kier alpha value is -1.80. The maximum atomic E-state index is 10.6. The predicted octanol–water partition coefficient (Wildman–Crippen LogP) is 3.94. The van der Waals surface area contributed by atoms with Crippen molar-refractivity contribution in [3.63, 3.8) is 0 Å². The molecule has 0 unspecified atom stereocenters. The van der Waals surface area contributed by atoms with Crippen LogP contribution in [0.5, 0.6) is 0 Å². The van der Waals surface area contributed by atoms with E-state index >= 15 is 0 Å². The lowest BCUT2D eigenvalue weighted by Gasteiger charge is -2.07. The number of hydrogen-bond acceptors (Lipinski definition) is 1. The topological polar surface area (TPSA) is 37.3 Å². The molecule has 0 aliphatic heterocycles. The zero-order valence-electron chi connectivity index (χ0n) is 9.98. The summed E-state index contributed by atoms with van der Waals surface area (Å²) < 4.78 is 0. The van der Waals surface area contributed by atoms with Crippen LogP contribution in [0, 0.1) is 6.92 Å². The molecule has 18 heavy (non-hydrogen) atoms. The third kappa shape index (κ3) is 2.90. The highest BCUT2D eigenvalue weighted by atomic mass is 35.5. The van der Waals surface area contributed by atoms with Crippen LogP contribution in [-0.2, 0) is 11.2 Å². The molecular formula is C15H13ClO2. The lowest BCUT2D eigenvalue weighted by molar-refractivity contribution is -0.136. The molecule has 0 amide bonds. The molecule has 0 aliphatic rings. The Balaban J connectivity index is 2.38. The number of benzene rings is 2. The Morgan fingerprint density at radius 3 is 2.61 bits per heavy atom. The van der Waals surface area contributed by atoms with E-state index in [4.69, 9.17) is 16.7 Å². The van der Waals surface area contributed by atoms with Crippen molar-refractivity contribution in [1.82, 2.24) is 0 Å². The van der Waals surface area contributed by atoms with Crippen molar-refractivity contribution < 1.29 is 9.90 Å². The minimum atomic E-state index is -0.852. The second-order valence-corrected chi connectivity index (χ2v) is 4.66. The van der Waals surface area contributed by atoms with Gasteiger partial charge in [0, 0.05) is 10.6 Å². The molecule has 0 aliphatic carbocycles. The maximum absolute atomic E-state index is 10.6. The largest absolute Gasteiger partial charge is 0.481 e. The first kappa shape index (κ1) is 12.7. The molecule has 0 atom stereocenters. The van der Waals surface area contributed by atoms with Crippen molar-refractivity contribution in [1.29, 1.82) is 0 Å². The van der Waals surface area contributed by atoms with E-state index in [1.54, 1.807) is 12.1 Å². The van der Waals surface area contributed by atoms with Gasteiger partial charge >= 0.3 is 5.97 Å². The Morgan fingerprint density at radius 2 is 2.00 bits per heavy atom. The van der Waals surface area contributed by atoms with Gasteiger partial charge in [-0.05, 0) is 24.1 Å². The maximum Gasteiger partial charge on any atom is 0.307 e. The Bertz CT molecular complexity index is 591. The predicted molar refractivity (Wildman–Crippen MR) is 73.0 cm³/mol. The molecule has 2 nitrogen and oxygen atoms in total. The van der Waals surface area contributed by atoms with Crippen LogP contribution in [0.2, 0.25) is 5.02 Å². The minimum Gasteiger partial charge on any atom is -0.481 e. The third-order valence-electron chi connectivity index (χ3n) is 2.72. The Labute approximate surface area is 111 Å². The summed E-state index contributed by atoms with van der Waals surface area (Å²) in [7, 11) is 0. The summed E-state index contributed by atoms with van der Waals surface area (Å²) in [5, 5.41) is 9.32. The molecule has 0 saturated heterocycles.